The number of amides is 3. The van der Waals surface area contributed by atoms with Crippen LogP contribution in [0.5, 0.6) is 5.75 Å². The SMILES string of the molecule is COc1ccc(Cl)cc1N1CC(C(=O)Nc2cccc(NC(C)=O)c2)CC1=O. The lowest BCUT2D eigenvalue weighted by Crippen LogP contribution is -2.28. The Labute approximate surface area is 167 Å². The standard InChI is InChI=1S/C20H20ClN3O4/c1-12(25)22-15-4-3-5-16(10-15)23-20(27)13-8-19(26)24(11-13)17-9-14(21)6-7-18(17)28-2/h3-7,9-10,13H,8,11H2,1-2H3,(H,22,25)(H,23,27). The summed E-state index contributed by atoms with van der Waals surface area (Å²) in [7, 11) is 1.51. The Balaban J connectivity index is 1.72. The first kappa shape index (κ1) is 19.7. The van der Waals surface area contributed by atoms with Gasteiger partial charge in [-0.05, 0) is 36.4 Å². The molecule has 1 saturated heterocycles. The zero-order valence-electron chi connectivity index (χ0n) is 15.5. The number of nitrogens with zero attached hydrogens (tertiary/aromatic N) is 1. The summed E-state index contributed by atoms with van der Waals surface area (Å²) in [6, 6.07) is 11.8. The molecule has 0 saturated carbocycles. The van der Waals surface area contributed by atoms with Crippen LogP contribution in [0.25, 0.3) is 0 Å². The molecule has 1 atom stereocenters. The van der Waals surface area contributed by atoms with Gasteiger partial charge in [0, 0.05) is 36.3 Å². The highest BCUT2D eigenvalue weighted by molar-refractivity contribution is 6.31. The van der Waals surface area contributed by atoms with Crippen LogP contribution in [0.3, 0.4) is 0 Å². The molecule has 1 unspecified atom stereocenters. The van der Waals surface area contributed by atoms with E-state index in [1.165, 1.54) is 18.9 Å². The van der Waals surface area contributed by atoms with Gasteiger partial charge in [-0.3, -0.25) is 14.4 Å². The second-order valence-corrected chi connectivity index (χ2v) is 6.91. The van der Waals surface area contributed by atoms with E-state index in [9.17, 15) is 14.4 Å². The van der Waals surface area contributed by atoms with Crippen molar-refractivity contribution in [2.45, 2.75) is 13.3 Å². The van der Waals surface area contributed by atoms with Gasteiger partial charge in [0.2, 0.25) is 17.7 Å². The van der Waals surface area contributed by atoms with Crippen molar-refractivity contribution < 1.29 is 19.1 Å². The maximum atomic E-state index is 12.7. The van der Waals surface area contributed by atoms with Crippen LogP contribution in [0.4, 0.5) is 17.1 Å². The predicted molar refractivity (Wildman–Crippen MR) is 108 cm³/mol. The normalized spacial score (nSPS) is 16.0. The van der Waals surface area contributed by atoms with Crippen molar-refractivity contribution in [2.24, 2.45) is 5.92 Å². The van der Waals surface area contributed by atoms with Gasteiger partial charge in [-0.25, -0.2) is 0 Å². The molecule has 28 heavy (non-hydrogen) atoms. The third kappa shape index (κ3) is 4.43. The van der Waals surface area contributed by atoms with Crippen LogP contribution in [0.2, 0.25) is 5.02 Å². The molecule has 1 aliphatic rings. The Bertz CT molecular complexity index is 931. The molecule has 2 aromatic rings. The molecular weight excluding hydrogens is 382 g/mol. The van der Waals surface area contributed by atoms with E-state index < -0.39 is 5.92 Å². The van der Waals surface area contributed by atoms with Gasteiger partial charge in [-0.1, -0.05) is 17.7 Å². The van der Waals surface area contributed by atoms with Crippen LogP contribution < -0.4 is 20.3 Å². The molecule has 3 amide bonds. The molecule has 1 heterocycles. The summed E-state index contributed by atoms with van der Waals surface area (Å²) < 4.78 is 5.31. The number of hydrogen-bond donors (Lipinski definition) is 2. The second kappa shape index (κ2) is 8.31. The third-order valence-electron chi connectivity index (χ3n) is 4.38. The summed E-state index contributed by atoms with van der Waals surface area (Å²) in [6.45, 7) is 1.64. The number of hydrogen-bond acceptors (Lipinski definition) is 4. The third-order valence-corrected chi connectivity index (χ3v) is 4.61. The number of nitrogens with one attached hydrogen (secondary N) is 2. The fraction of sp³-hybridized carbons (Fsp3) is 0.250. The fourth-order valence-corrected chi connectivity index (χ4v) is 3.28. The number of methoxy groups -OCH3 is 1. The van der Waals surface area contributed by atoms with Crippen molar-refractivity contribution in [1.82, 2.24) is 0 Å². The van der Waals surface area contributed by atoms with Crippen molar-refractivity contribution in [1.29, 1.82) is 0 Å². The summed E-state index contributed by atoms with van der Waals surface area (Å²) in [5.74, 6) is -0.636. The number of carbonyl (C=O) groups excluding carboxylic acids is 3. The average Bonchev–Trinajstić information content (AvgIpc) is 3.03. The summed E-state index contributed by atoms with van der Waals surface area (Å²) in [5.41, 5.74) is 1.67. The predicted octanol–water partition coefficient (Wildman–Crippen LogP) is 3.30. The molecule has 2 N–H and O–H groups in total. The Morgan fingerprint density at radius 1 is 1.14 bits per heavy atom. The highest BCUT2D eigenvalue weighted by Crippen LogP contribution is 2.35. The van der Waals surface area contributed by atoms with Crippen molar-refractivity contribution in [3.8, 4) is 5.75 Å². The minimum atomic E-state index is -0.513. The minimum Gasteiger partial charge on any atom is -0.495 e. The Morgan fingerprint density at radius 3 is 2.54 bits per heavy atom. The van der Waals surface area contributed by atoms with Gasteiger partial charge >= 0.3 is 0 Å². The number of anilines is 3. The first-order valence-corrected chi connectivity index (χ1v) is 9.07. The molecule has 2 aromatic carbocycles. The summed E-state index contributed by atoms with van der Waals surface area (Å²) in [6.07, 6.45) is 0.0902. The van der Waals surface area contributed by atoms with Gasteiger partial charge < -0.3 is 20.3 Å². The van der Waals surface area contributed by atoms with E-state index in [2.05, 4.69) is 10.6 Å². The molecule has 0 radical (unpaired) electrons. The van der Waals surface area contributed by atoms with Gasteiger partial charge in [0.05, 0.1) is 18.7 Å². The van der Waals surface area contributed by atoms with Crippen molar-refractivity contribution in [3.63, 3.8) is 0 Å². The summed E-state index contributed by atoms with van der Waals surface area (Å²) in [5, 5.41) is 5.94. The van der Waals surface area contributed by atoms with Crippen LogP contribution in [-0.2, 0) is 14.4 Å². The lowest BCUT2D eigenvalue weighted by atomic mass is 10.1. The number of benzene rings is 2. The maximum absolute atomic E-state index is 12.7. The van der Waals surface area contributed by atoms with Crippen molar-refractivity contribution in [3.05, 3.63) is 47.5 Å². The van der Waals surface area contributed by atoms with Crippen molar-refractivity contribution in [2.75, 3.05) is 29.2 Å². The molecule has 3 rings (SSSR count). The first-order chi connectivity index (χ1) is 13.4. The van der Waals surface area contributed by atoms with Crippen LogP contribution >= 0.6 is 11.6 Å². The van der Waals surface area contributed by atoms with E-state index in [1.807, 2.05) is 0 Å². The van der Waals surface area contributed by atoms with E-state index in [0.29, 0.717) is 27.8 Å². The van der Waals surface area contributed by atoms with Gasteiger partial charge in [0.1, 0.15) is 5.75 Å². The lowest BCUT2D eigenvalue weighted by Gasteiger charge is -2.20. The molecule has 1 fully saturated rings. The van der Waals surface area contributed by atoms with Gasteiger partial charge in [0.15, 0.2) is 0 Å². The monoisotopic (exact) mass is 401 g/mol. The zero-order valence-corrected chi connectivity index (χ0v) is 16.2. The number of ether oxygens (including phenoxy) is 1. The molecule has 146 valence electrons. The zero-order chi connectivity index (χ0) is 20.3. The maximum Gasteiger partial charge on any atom is 0.229 e. The first-order valence-electron chi connectivity index (χ1n) is 8.70. The van der Waals surface area contributed by atoms with Crippen LogP contribution in [0.1, 0.15) is 13.3 Å². The van der Waals surface area contributed by atoms with Gasteiger partial charge in [-0.15, -0.1) is 0 Å². The molecule has 0 aromatic heterocycles. The lowest BCUT2D eigenvalue weighted by molar-refractivity contribution is -0.122. The Hall–Kier alpha value is -3.06. The molecule has 0 bridgehead atoms. The second-order valence-electron chi connectivity index (χ2n) is 6.47. The molecular formula is C20H20ClN3O4. The Morgan fingerprint density at radius 2 is 1.86 bits per heavy atom. The van der Waals surface area contributed by atoms with E-state index >= 15 is 0 Å². The highest BCUT2D eigenvalue weighted by Gasteiger charge is 2.36. The van der Waals surface area contributed by atoms with E-state index in [0.717, 1.165) is 0 Å². The van der Waals surface area contributed by atoms with Gasteiger partial charge in [0.25, 0.3) is 0 Å². The summed E-state index contributed by atoms with van der Waals surface area (Å²) in [4.78, 5) is 37.8. The number of halogens is 1. The molecule has 0 spiro atoms. The minimum absolute atomic E-state index is 0.0902. The number of rotatable bonds is 5. The van der Waals surface area contributed by atoms with Crippen LogP contribution in [-0.4, -0.2) is 31.4 Å². The molecule has 8 heteroatoms. The van der Waals surface area contributed by atoms with E-state index in [4.69, 9.17) is 16.3 Å². The van der Waals surface area contributed by atoms with Crippen molar-refractivity contribution >= 4 is 46.4 Å². The largest absolute Gasteiger partial charge is 0.495 e. The van der Waals surface area contributed by atoms with Crippen LogP contribution in [0.15, 0.2) is 42.5 Å². The quantitative estimate of drug-likeness (QED) is 0.804. The van der Waals surface area contributed by atoms with E-state index in [-0.39, 0.29) is 30.7 Å². The topological polar surface area (TPSA) is 87.7 Å². The van der Waals surface area contributed by atoms with E-state index in [1.54, 1.807) is 42.5 Å². The fourth-order valence-electron chi connectivity index (χ4n) is 3.11. The molecule has 1 aliphatic heterocycles. The molecule has 7 nitrogen and oxygen atoms in total. The average molecular weight is 402 g/mol. The Kier molecular flexibility index (Phi) is 5.84. The molecule has 0 aliphatic carbocycles. The summed E-state index contributed by atoms with van der Waals surface area (Å²) >= 11 is 6.05. The number of carbonyl (C=O) groups is 3. The van der Waals surface area contributed by atoms with Gasteiger partial charge in [-0.2, -0.15) is 0 Å². The van der Waals surface area contributed by atoms with Crippen LogP contribution in [0, 0.1) is 5.92 Å². The highest BCUT2D eigenvalue weighted by atomic mass is 35.5. The smallest absolute Gasteiger partial charge is 0.229 e.